The van der Waals surface area contributed by atoms with E-state index in [2.05, 4.69) is 31.0 Å². The van der Waals surface area contributed by atoms with Gasteiger partial charge in [-0.2, -0.15) is 0 Å². The lowest BCUT2D eigenvalue weighted by atomic mass is 10.1. The van der Waals surface area contributed by atoms with Crippen LogP contribution in [0.5, 0.6) is 0 Å². The molecule has 0 radical (unpaired) electrons. The normalized spacial score (nSPS) is 12.7. The van der Waals surface area contributed by atoms with Gasteiger partial charge in [-0.05, 0) is 19.1 Å². The maximum absolute atomic E-state index is 5.68. The third-order valence-corrected chi connectivity index (χ3v) is 3.63. The van der Waals surface area contributed by atoms with Crippen molar-refractivity contribution in [3.05, 3.63) is 53.9 Å². The van der Waals surface area contributed by atoms with E-state index in [1.165, 1.54) is 0 Å². The summed E-state index contributed by atoms with van der Waals surface area (Å²) in [5.41, 5.74) is 6.60. The Labute approximate surface area is 123 Å². The zero-order valence-corrected chi connectivity index (χ0v) is 12.1. The van der Waals surface area contributed by atoms with Crippen molar-refractivity contribution in [3.63, 3.8) is 0 Å². The maximum Gasteiger partial charge on any atom is 0.111 e. The van der Waals surface area contributed by atoms with Crippen LogP contribution >= 0.6 is 0 Å². The molecule has 6 heteroatoms. The lowest BCUT2D eigenvalue weighted by Gasteiger charge is -2.14. The molecule has 6 nitrogen and oxygen atoms in total. The summed E-state index contributed by atoms with van der Waals surface area (Å²) in [6, 6.07) is 7.95. The molecule has 108 valence electrons. The van der Waals surface area contributed by atoms with Crippen LogP contribution in [0.25, 0.3) is 11.0 Å². The highest BCUT2D eigenvalue weighted by Gasteiger charge is 2.16. The van der Waals surface area contributed by atoms with Gasteiger partial charge in [-0.25, -0.2) is 4.98 Å². The van der Waals surface area contributed by atoms with E-state index in [-0.39, 0.29) is 6.04 Å². The number of nitrogens with two attached hydrogens (primary N) is 1. The van der Waals surface area contributed by atoms with Crippen molar-refractivity contribution in [2.45, 2.75) is 19.4 Å². The van der Waals surface area contributed by atoms with Crippen LogP contribution in [0.4, 0.5) is 0 Å². The number of imidazole rings is 1. The van der Waals surface area contributed by atoms with E-state index in [9.17, 15) is 0 Å². The number of hydrogen-bond acceptors (Lipinski definition) is 5. The molecule has 21 heavy (non-hydrogen) atoms. The van der Waals surface area contributed by atoms with Crippen LogP contribution in [0.15, 0.2) is 36.7 Å². The van der Waals surface area contributed by atoms with Gasteiger partial charge in [0.15, 0.2) is 0 Å². The van der Waals surface area contributed by atoms with E-state index in [1.807, 2.05) is 32.2 Å². The van der Waals surface area contributed by atoms with Gasteiger partial charge in [-0.15, -0.1) is 0 Å². The monoisotopic (exact) mass is 282 g/mol. The molecule has 0 aliphatic carbocycles. The molecule has 0 amide bonds. The van der Waals surface area contributed by atoms with Gasteiger partial charge in [0.1, 0.15) is 5.82 Å². The highest BCUT2D eigenvalue weighted by molar-refractivity contribution is 5.75. The minimum Gasteiger partial charge on any atom is -0.331 e. The highest BCUT2D eigenvalue weighted by atomic mass is 15.2. The lowest BCUT2D eigenvalue weighted by molar-refractivity contribution is 0.517. The summed E-state index contributed by atoms with van der Waals surface area (Å²) in [5, 5.41) is 0. The molecule has 1 unspecified atom stereocenters. The van der Waals surface area contributed by atoms with E-state index < -0.39 is 0 Å². The van der Waals surface area contributed by atoms with Crippen LogP contribution in [-0.2, 0) is 13.5 Å². The summed E-state index contributed by atoms with van der Waals surface area (Å²) in [7, 11) is 2.01. The van der Waals surface area contributed by atoms with Crippen molar-refractivity contribution in [3.8, 4) is 0 Å². The summed E-state index contributed by atoms with van der Waals surface area (Å²) >= 11 is 0. The van der Waals surface area contributed by atoms with Gasteiger partial charge in [0, 0.05) is 19.7 Å². The Morgan fingerprint density at radius 1 is 1.24 bits per heavy atom. The van der Waals surface area contributed by atoms with Gasteiger partial charge in [0.25, 0.3) is 0 Å². The van der Waals surface area contributed by atoms with Gasteiger partial charge in [0.05, 0.1) is 34.7 Å². The number of aryl methyl sites for hydroxylation is 2. The first-order valence-electron chi connectivity index (χ1n) is 6.84. The smallest absolute Gasteiger partial charge is 0.111 e. The molecule has 0 saturated heterocycles. The molecule has 3 rings (SSSR count). The average molecular weight is 282 g/mol. The maximum atomic E-state index is 5.68. The van der Waals surface area contributed by atoms with Crippen molar-refractivity contribution >= 4 is 11.0 Å². The van der Waals surface area contributed by atoms with Crippen LogP contribution in [0.3, 0.4) is 0 Å². The molecule has 0 bridgehead atoms. The predicted molar refractivity (Wildman–Crippen MR) is 81.3 cm³/mol. The Morgan fingerprint density at radius 3 is 2.71 bits per heavy atom. The number of hydrazine groups is 1. The van der Waals surface area contributed by atoms with E-state index >= 15 is 0 Å². The van der Waals surface area contributed by atoms with Crippen molar-refractivity contribution in [1.82, 2.24) is 24.9 Å². The third-order valence-electron chi connectivity index (χ3n) is 3.63. The molecular weight excluding hydrogens is 264 g/mol. The topological polar surface area (TPSA) is 81.7 Å². The van der Waals surface area contributed by atoms with Gasteiger partial charge >= 0.3 is 0 Å². The molecule has 1 aromatic carbocycles. The van der Waals surface area contributed by atoms with E-state index in [0.29, 0.717) is 6.42 Å². The van der Waals surface area contributed by atoms with E-state index in [0.717, 1.165) is 28.2 Å². The lowest BCUT2D eigenvalue weighted by Crippen LogP contribution is -2.31. The standard InChI is InChI=1S/C15H18N6/c1-10-8-18-13(9-17-10)12(20-16)7-15-19-11-5-3-4-6-14(11)21(15)2/h3-6,8-9,12,20H,7,16H2,1-2H3. The van der Waals surface area contributed by atoms with Gasteiger partial charge in [-0.3, -0.25) is 21.2 Å². The van der Waals surface area contributed by atoms with Crippen molar-refractivity contribution in [2.24, 2.45) is 12.9 Å². The second-order valence-electron chi connectivity index (χ2n) is 5.08. The van der Waals surface area contributed by atoms with Crippen molar-refractivity contribution < 1.29 is 0 Å². The Hall–Kier alpha value is -2.31. The molecular formula is C15H18N6. The summed E-state index contributed by atoms with van der Waals surface area (Å²) in [6.07, 6.45) is 4.15. The molecule has 2 aromatic heterocycles. The second kappa shape index (κ2) is 5.59. The number of fused-ring (bicyclic) bond motifs is 1. The quantitative estimate of drug-likeness (QED) is 0.558. The fourth-order valence-electron chi connectivity index (χ4n) is 2.39. The molecule has 2 heterocycles. The summed E-state index contributed by atoms with van der Waals surface area (Å²) in [4.78, 5) is 13.3. The minimum absolute atomic E-state index is 0.117. The zero-order valence-electron chi connectivity index (χ0n) is 12.1. The Bertz CT molecular complexity index is 746. The molecule has 0 aliphatic heterocycles. The largest absolute Gasteiger partial charge is 0.331 e. The van der Waals surface area contributed by atoms with Gasteiger partial charge in [0.2, 0.25) is 0 Å². The zero-order chi connectivity index (χ0) is 14.8. The van der Waals surface area contributed by atoms with Crippen LogP contribution < -0.4 is 11.3 Å². The minimum atomic E-state index is -0.117. The fraction of sp³-hybridized carbons (Fsp3) is 0.267. The molecule has 3 N–H and O–H groups in total. The summed E-state index contributed by atoms with van der Waals surface area (Å²) in [6.45, 7) is 1.91. The first kappa shape index (κ1) is 13.7. The molecule has 0 aliphatic rings. The number of para-hydroxylation sites is 2. The average Bonchev–Trinajstić information content (AvgIpc) is 2.83. The number of nitrogens with one attached hydrogen (secondary N) is 1. The molecule has 0 spiro atoms. The second-order valence-corrected chi connectivity index (χ2v) is 5.08. The summed E-state index contributed by atoms with van der Waals surface area (Å²) in [5.74, 6) is 6.64. The van der Waals surface area contributed by atoms with Crippen molar-refractivity contribution in [1.29, 1.82) is 0 Å². The number of aromatic nitrogens is 4. The fourth-order valence-corrected chi connectivity index (χ4v) is 2.39. The first-order valence-corrected chi connectivity index (χ1v) is 6.84. The van der Waals surface area contributed by atoms with Crippen LogP contribution in [0.1, 0.15) is 23.3 Å². The van der Waals surface area contributed by atoms with Crippen LogP contribution in [-0.4, -0.2) is 19.5 Å². The van der Waals surface area contributed by atoms with Gasteiger partial charge in [-0.1, -0.05) is 12.1 Å². The Balaban J connectivity index is 1.92. The number of benzene rings is 1. The van der Waals surface area contributed by atoms with Gasteiger partial charge < -0.3 is 4.57 Å². The van der Waals surface area contributed by atoms with Crippen molar-refractivity contribution in [2.75, 3.05) is 0 Å². The first-order chi connectivity index (χ1) is 10.2. The SMILES string of the molecule is Cc1cnc(C(Cc2nc3ccccc3n2C)NN)cn1. The molecule has 0 saturated carbocycles. The number of hydrogen-bond donors (Lipinski definition) is 2. The van der Waals surface area contributed by atoms with Crippen LogP contribution in [0.2, 0.25) is 0 Å². The van der Waals surface area contributed by atoms with E-state index in [4.69, 9.17) is 5.84 Å². The van der Waals surface area contributed by atoms with Crippen LogP contribution in [0, 0.1) is 6.92 Å². The molecule has 1 atom stereocenters. The van der Waals surface area contributed by atoms with E-state index in [1.54, 1.807) is 12.4 Å². The third kappa shape index (κ3) is 2.63. The number of rotatable bonds is 4. The highest BCUT2D eigenvalue weighted by Crippen LogP contribution is 2.19. The number of nitrogens with zero attached hydrogens (tertiary/aromatic N) is 4. The summed E-state index contributed by atoms with van der Waals surface area (Å²) < 4.78 is 2.08. The molecule has 3 aromatic rings. The molecule has 0 fully saturated rings. The predicted octanol–water partition coefficient (Wildman–Crippen LogP) is 1.42. The Morgan fingerprint density at radius 2 is 2.05 bits per heavy atom. The Kier molecular flexibility index (Phi) is 3.64.